The van der Waals surface area contributed by atoms with Gasteiger partial charge in [0.1, 0.15) is 17.3 Å². The molecule has 2 aliphatic rings. The van der Waals surface area contributed by atoms with Crippen LogP contribution in [0.25, 0.3) is 0 Å². The Bertz CT molecular complexity index is 518. The van der Waals surface area contributed by atoms with E-state index >= 15 is 0 Å². The second kappa shape index (κ2) is 4.77. The van der Waals surface area contributed by atoms with Crippen molar-refractivity contribution < 1.29 is 9.53 Å². The van der Waals surface area contributed by atoms with Crippen molar-refractivity contribution >= 4 is 11.7 Å². The molecule has 1 atom stereocenters. The number of rotatable bonds is 2. The number of nitrogens with one attached hydrogen (secondary N) is 1. The minimum atomic E-state index is -0.0875. The summed E-state index contributed by atoms with van der Waals surface area (Å²) in [6, 6.07) is 0. The van der Waals surface area contributed by atoms with Crippen LogP contribution in [-0.2, 0) is 11.2 Å². The monoisotopic (exact) mass is 262 g/mol. The number of carbonyl (C=O) groups is 1. The Labute approximate surface area is 112 Å². The Balaban J connectivity index is 1.99. The summed E-state index contributed by atoms with van der Waals surface area (Å²) < 4.78 is 5.39. The van der Waals surface area contributed by atoms with Crippen molar-refractivity contribution in [3.8, 4) is 0 Å². The highest BCUT2D eigenvalue weighted by Crippen LogP contribution is 2.27. The summed E-state index contributed by atoms with van der Waals surface area (Å²) in [7, 11) is 1.74. The van der Waals surface area contributed by atoms with Gasteiger partial charge in [0, 0.05) is 32.3 Å². The van der Waals surface area contributed by atoms with Crippen LogP contribution < -0.4 is 10.2 Å². The van der Waals surface area contributed by atoms with Gasteiger partial charge in [0.25, 0.3) is 5.91 Å². The first kappa shape index (κ1) is 12.3. The number of amides is 1. The standard InChI is InChI=1S/C13H18N4O2/c1-8-15-11-10(3-5-14-13(11)18)12(16-8)17-6-4-9(7-17)19-2/h9H,3-7H2,1-2H3,(H,14,18). The maximum absolute atomic E-state index is 11.9. The Hall–Kier alpha value is -1.69. The fraction of sp³-hybridized carbons (Fsp3) is 0.615. The highest BCUT2D eigenvalue weighted by Gasteiger charge is 2.29. The van der Waals surface area contributed by atoms with Crippen molar-refractivity contribution in [3.63, 3.8) is 0 Å². The van der Waals surface area contributed by atoms with E-state index in [1.54, 1.807) is 7.11 Å². The molecule has 3 heterocycles. The number of nitrogens with zero attached hydrogens (tertiary/aromatic N) is 3. The molecule has 1 aromatic rings. The van der Waals surface area contributed by atoms with Crippen LogP contribution in [0.4, 0.5) is 5.82 Å². The minimum absolute atomic E-state index is 0.0875. The maximum atomic E-state index is 11.9. The quantitative estimate of drug-likeness (QED) is 0.830. The average Bonchev–Trinajstić information content (AvgIpc) is 2.88. The molecule has 19 heavy (non-hydrogen) atoms. The van der Waals surface area contributed by atoms with Crippen LogP contribution >= 0.6 is 0 Å². The van der Waals surface area contributed by atoms with Crippen molar-refractivity contribution in [1.82, 2.24) is 15.3 Å². The van der Waals surface area contributed by atoms with Crippen LogP contribution in [0.2, 0.25) is 0 Å². The summed E-state index contributed by atoms with van der Waals surface area (Å²) >= 11 is 0. The molecule has 6 nitrogen and oxygen atoms in total. The van der Waals surface area contributed by atoms with Gasteiger partial charge in [-0.25, -0.2) is 9.97 Å². The predicted molar refractivity (Wildman–Crippen MR) is 70.4 cm³/mol. The summed E-state index contributed by atoms with van der Waals surface area (Å²) in [4.78, 5) is 22.9. The van der Waals surface area contributed by atoms with E-state index in [0.717, 1.165) is 37.3 Å². The smallest absolute Gasteiger partial charge is 0.270 e. The van der Waals surface area contributed by atoms with E-state index in [1.807, 2.05) is 6.92 Å². The summed E-state index contributed by atoms with van der Waals surface area (Å²) in [5, 5.41) is 2.83. The fourth-order valence-corrected chi connectivity index (χ4v) is 2.76. The highest BCUT2D eigenvalue weighted by molar-refractivity contribution is 5.96. The molecule has 1 fully saturated rings. The highest BCUT2D eigenvalue weighted by atomic mass is 16.5. The molecule has 0 spiro atoms. The van der Waals surface area contributed by atoms with Crippen molar-refractivity contribution in [2.24, 2.45) is 0 Å². The number of hydrogen-bond donors (Lipinski definition) is 1. The van der Waals surface area contributed by atoms with Gasteiger partial charge in [-0.2, -0.15) is 0 Å². The molecule has 1 amide bonds. The average molecular weight is 262 g/mol. The van der Waals surface area contributed by atoms with Gasteiger partial charge < -0.3 is 15.0 Å². The number of ether oxygens (including phenoxy) is 1. The predicted octanol–water partition coefficient (Wildman–Crippen LogP) is 0.296. The lowest BCUT2D eigenvalue weighted by molar-refractivity contribution is 0.0940. The molecule has 0 radical (unpaired) electrons. The van der Waals surface area contributed by atoms with Crippen LogP contribution in [0.3, 0.4) is 0 Å². The largest absolute Gasteiger partial charge is 0.380 e. The van der Waals surface area contributed by atoms with Crippen molar-refractivity contribution in [3.05, 3.63) is 17.1 Å². The molecule has 0 aliphatic carbocycles. The van der Waals surface area contributed by atoms with E-state index in [9.17, 15) is 4.79 Å². The lowest BCUT2D eigenvalue weighted by Gasteiger charge is -2.24. The third-order valence-corrected chi connectivity index (χ3v) is 3.75. The first-order valence-corrected chi connectivity index (χ1v) is 6.62. The Kier molecular flexibility index (Phi) is 3.10. The molecule has 6 heteroatoms. The molecular weight excluding hydrogens is 244 g/mol. The molecule has 0 saturated carbocycles. The van der Waals surface area contributed by atoms with E-state index in [1.165, 1.54) is 0 Å². The molecule has 1 aromatic heterocycles. The molecule has 1 saturated heterocycles. The lowest BCUT2D eigenvalue weighted by Crippen LogP contribution is -2.35. The van der Waals surface area contributed by atoms with Gasteiger partial charge in [-0.05, 0) is 19.8 Å². The zero-order valence-corrected chi connectivity index (χ0v) is 11.3. The molecule has 3 rings (SSSR count). The molecule has 1 unspecified atom stereocenters. The van der Waals surface area contributed by atoms with Crippen molar-refractivity contribution in [2.75, 3.05) is 31.6 Å². The van der Waals surface area contributed by atoms with Gasteiger partial charge in [-0.1, -0.05) is 0 Å². The third kappa shape index (κ3) is 2.16. The van der Waals surface area contributed by atoms with Gasteiger partial charge in [-0.3, -0.25) is 4.79 Å². The Morgan fingerprint density at radius 2 is 2.26 bits per heavy atom. The zero-order chi connectivity index (χ0) is 13.4. The summed E-state index contributed by atoms with van der Waals surface area (Å²) in [5.74, 6) is 1.47. The van der Waals surface area contributed by atoms with E-state index in [4.69, 9.17) is 4.74 Å². The minimum Gasteiger partial charge on any atom is -0.380 e. The van der Waals surface area contributed by atoms with Gasteiger partial charge in [-0.15, -0.1) is 0 Å². The van der Waals surface area contributed by atoms with Gasteiger partial charge in [0.05, 0.1) is 6.10 Å². The first-order chi connectivity index (χ1) is 9.19. The Morgan fingerprint density at radius 3 is 3.00 bits per heavy atom. The SMILES string of the molecule is COC1CCN(c2nc(C)nc3c2CCNC3=O)C1. The molecule has 1 N–H and O–H groups in total. The second-order valence-corrected chi connectivity index (χ2v) is 5.02. The summed E-state index contributed by atoms with van der Waals surface area (Å²) in [6.45, 7) is 4.24. The topological polar surface area (TPSA) is 67.3 Å². The number of fused-ring (bicyclic) bond motifs is 1. The second-order valence-electron chi connectivity index (χ2n) is 5.02. The summed E-state index contributed by atoms with van der Waals surface area (Å²) in [6.07, 6.45) is 2.05. The van der Waals surface area contributed by atoms with E-state index < -0.39 is 0 Å². The van der Waals surface area contributed by atoms with Crippen LogP contribution in [0, 0.1) is 6.92 Å². The van der Waals surface area contributed by atoms with E-state index in [0.29, 0.717) is 18.1 Å². The van der Waals surface area contributed by atoms with Gasteiger partial charge in [0.2, 0.25) is 0 Å². The fourth-order valence-electron chi connectivity index (χ4n) is 2.76. The molecule has 102 valence electrons. The van der Waals surface area contributed by atoms with Crippen LogP contribution in [0.15, 0.2) is 0 Å². The third-order valence-electron chi connectivity index (χ3n) is 3.75. The Morgan fingerprint density at radius 1 is 1.42 bits per heavy atom. The number of methoxy groups -OCH3 is 1. The van der Waals surface area contributed by atoms with E-state index in [-0.39, 0.29) is 12.0 Å². The number of aromatic nitrogens is 2. The number of aryl methyl sites for hydroxylation is 1. The number of carbonyl (C=O) groups excluding carboxylic acids is 1. The molecule has 0 bridgehead atoms. The molecule has 2 aliphatic heterocycles. The van der Waals surface area contributed by atoms with Gasteiger partial charge in [0.15, 0.2) is 0 Å². The van der Waals surface area contributed by atoms with Crippen molar-refractivity contribution in [2.45, 2.75) is 25.9 Å². The van der Waals surface area contributed by atoms with Crippen LogP contribution in [0.1, 0.15) is 28.3 Å². The summed E-state index contributed by atoms with van der Waals surface area (Å²) in [5.41, 5.74) is 1.51. The first-order valence-electron chi connectivity index (χ1n) is 6.62. The number of hydrogen-bond acceptors (Lipinski definition) is 5. The van der Waals surface area contributed by atoms with Crippen LogP contribution in [0.5, 0.6) is 0 Å². The normalized spacial score (nSPS) is 22.3. The van der Waals surface area contributed by atoms with Crippen LogP contribution in [-0.4, -0.2) is 48.7 Å². The van der Waals surface area contributed by atoms with Crippen molar-refractivity contribution in [1.29, 1.82) is 0 Å². The maximum Gasteiger partial charge on any atom is 0.270 e. The molecular formula is C13H18N4O2. The lowest BCUT2D eigenvalue weighted by atomic mass is 10.1. The zero-order valence-electron chi connectivity index (χ0n) is 11.3. The van der Waals surface area contributed by atoms with Gasteiger partial charge >= 0.3 is 0 Å². The molecule has 0 aromatic carbocycles. The number of anilines is 1. The van der Waals surface area contributed by atoms with E-state index in [2.05, 4.69) is 20.2 Å².